The molecule has 1 nitrogen and oxygen atoms in total. The first-order valence-electron chi connectivity index (χ1n) is 4.51. The first-order chi connectivity index (χ1) is 7.31. The number of thiophene rings is 2. The smallest absolute Gasteiger partial charge is 0.101 e. The van der Waals surface area contributed by atoms with Crippen LogP contribution in [0.25, 0.3) is 11.6 Å². The van der Waals surface area contributed by atoms with Gasteiger partial charge >= 0.3 is 0 Å². The van der Waals surface area contributed by atoms with Crippen LogP contribution in [-0.4, -0.2) is 0 Å². The Morgan fingerprint density at radius 3 is 2.73 bits per heavy atom. The zero-order valence-electron chi connectivity index (χ0n) is 8.23. The van der Waals surface area contributed by atoms with Gasteiger partial charge in [-0.3, -0.25) is 0 Å². The Morgan fingerprint density at radius 1 is 1.33 bits per heavy atom. The van der Waals surface area contributed by atoms with Gasteiger partial charge in [-0.15, -0.1) is 22.7 Å². The van der Waals surface area contributed by atoms with E-state index in [4.69, 9.17) is 5.26 Å². The Labute approximate surface area is 96.9 Å². The van der Waals surface area contributed by atoms with Crippen LogP contribution in [0.1, 0.15) is 15.3 Å². The summed E-state index contributed by atoms with van der Waals surface area (Å²) in [5.41, 5.74) is 1.93. The molecule has 2 rings (SSSR count). The number of nitrogens with zero attached hydrogens (tertiary/aromatic N) is 1. The monoisotopic (exact) mass is 231 g/mol. The molecule has 2 heterocycles. The lowest BCUT2D eigenvalue weighted by Gasteiger charge is -1.95. The lowest BCUT2D eigenvalue weighted by atomic mass is 10.1. The lowest BCUT2D eigenvalue weighted by Crippen LogP contribution is -1.78. The fourth-order valence-electron chi connectivity index (χ4n) is 1.31. The fraction of sp³-hybridized carbons (Fsp3) is 0.0833. The molecule has 0 bridgehead atoms. The van der Waals surface area contributed by atoms with Crippen LogP contribution >= 0.6 is 22.7 Å². The van der Waals surface area contributed by atoms with Gasteiger partial charge in [0, 0.05) is 9.75 Å². The number of hydrogen-bond donors (Lipinski definition) is 0. The molecule has 0 radical (unpaired) electrons. The van der Waals surface area contributed by atoms with Crippen molar-refractivity contribution in [2.24, 2.45) is 0 Å². The van der Waals surface area contributed by atoms with Crippen LogP contribution in [0, 0.1) is 18.3 Å². The Morgan fingerprint density at radius 2 is 2.20 bits per heavy atom. The molecule has 0 aromatic carbocycles. The van der Waals surface area contributed by atoms with Crippen LogP contribution in [0.4, 0.5) is 0 Å². The van der Waals surface area contributed by atoms with Crippen molar-refractivity contribution in [3.05, 3.63) is 44.3 Å². The van der Waals surface area contributed by atoms with E-state index in [0.29, 0.717) is 0 Å². The fourth-order valence-corrected chi connectivity index (χ4v) is 2.86. The summed E-state index contributed by atoms with van der Waals surface area (Å²) in [7, 11) is 0. The minimum atomic E-state index is 0.755. The molecule has 2 aromatic rings. The van der Waals surface area contributed by atoms with Crippen molar-refractivity contribution >= 4 is 34.3 Å². The van der Waals surface area contributed by atoms with Gasteiger partial charge in [0.05, 0.1) is 5.57 Å². The Balaban J connectivity index is 2.42. The van der Waals surface area contributed by atoms with E-state index in [0.717, 1.165) is 15.3 Å². The SMILES string of the molecule is Cc1ccsc1/C(C#N)=C\c1cccs1. The van der Waals surface area contributed by atoms with E-state index >= 15 is 0 Å². The second kappa shape index (κ2) is 4.43. The van der Waals surface area contributed by atoms with Gasteiger partial charge in [0.1, 0.15) is 6.07 Å². The van der Waals surface area contributed by atoms with Gasteiger partial charge in [0.25, 0.3) is 0 Å². The molecule has 15 heavy (non-hydrogen) atoms. The van der Waals surface area contributed by atoms with Crippen molar-refractivity contribution < 1.29 is 0 Å². The van der Waals surface area contributed by atoms with Crippen molar-refractivity contribution in [2.45, 2.75) is 6.92 Å². The minimum Gasteiger partial charge on any atom is -0.192 e. The molecule has 3 heteroatoms. The molecule has 0 atom stereocenters. The number of rotatable bonds is 2. The molecular formula is C12H9NS2. The maximum Gasteiger partial charge on any atom is 0.101 e. The lowest BCUT2D eigenvalue weighted by molar-refractivity contribution is 1.50. The highest BCUT2D eigenvalue weighted by Gasteiger charge is 2.06. The second-order valence-electron chi connectivity index (χ2n) is 3.12. The Kier molecular flexibility index (Phi) is 3.00. The first kappa shape index (κ1) is 10.2. The molecule has 0 spiro atoms. The van der Waals surface area contributed by atoms with E-state index in [1.165, 1.54) is 5.56 Å². The standard InChI is InChI=1S/C12H9NS2/c1-9-4-6-15-12(9)10(8-13)7-11-3-2-5-14-11/h2-7H,1H3/b10-7-. The molecule has 0 saturated carbocycles. The van der Waals surface area contributed by atoms with E-state index in [-0.39, 0.29) is 0 Å². The maximum atomic E-state index is 9.11. The zero-order chi connectivity index (χ0) is 10.7. The molecule has 0 aliphatic heterocycles. The van der Waals surface area contributed by atoms with Gasteiger partial charge in [-0.05, 0) is 41.5 Å². The van der Waals surface area contributed by atoms with Gasteiger partial charge in [0.15, 0.2) is 0 Å². The summed E-state index contributed by atoms with van der Waals surface area (Å²) in [5.74, 6) is 0. The summed E-state index contributed by atoms with van der Waals surface area (Å²) >= 11 is 3.26. The molecule has 0 aliphatic rings. The molecule has 0 saturated heterocycles. The van der Waals surface area contributed by atoms with Gasteiger partial charge < -0.3 is 0 Å². The molecule has 0 amide bonds. The average molecular weight is 231 g/mol. The third-order valence-corrected chi connectivity index (χ3v) is 3.93. The summed E-state index contributed by atoms with van der Waals surface area (Å²) in [6.45, 7) is 2.03. The zero-order valence-corrected chi connectivity index (χ0v) is 9.86. The number of nitriles is 1. The second-order valence-corrected chi connectivity index (χ2v) is 5.01. The van der Waals surface area contributed by atoms with Crippen LogP contribution in [0.15, 0.2) is 29.0 Å². The van der Waals surface area contributed by atoms with E-state index in [9.17, 15) is 0 Å². The molecular weight excluding hydrogens is 222 g/mol. The van der Waals surface area contributed by atoms with E-state index in [1.54, 1.807) is 22.7 Å². The van der Waals surface area contributed by atoms with Crippen molar-refractivity contribution in [1.82, 2.24) is 0 Å². The van der Waals surface area contributed by atoms with Crippen molar-refractivity contribution in [2.75, 3.05) is 0 Å². The first-order valence-corrected chi connectivity index (χ1v) is 6.27. The molecule has 0 unspecified atom stereocenters. The largest absolute Gasteiger partial charge is 0.192 e. The molecule has 2 aromatic heterocycles. The van der Waals surface area contributed by atoms with Gasteiger partial charge in [-0.1, -0.05) is 6.07 Å². The highest BCUT2D eigenvalue weighted by Crippen LogP contribution is 2.27. The van der Waals surface area contributed by atoms with Gasteiger partial charge in [0.2, 0.25) is 0 Å². The topological polar surface area (TPSA) is 23.8 Å². The summed E-state index contributed by atoms with van der Waals surface area (Å²) in [5, 5.41) is 13.1. The third kappa shape index (κ3) is 2.17. The summed E-state index contributed by atoms with van der Waals surface area (Å²) in [6.07, 6.45) is 1.95. The van der Waals surface area contributed by atoms with Gasteiger partial charge in [-0.25, -0.2) is 0 Å². The van der Waals surface area contributed by atoms with Crippen molar-refractivity contribution in [3.8, 4) is 6.07 Å². The van der Waals surface area contributed by atoms with Crippen molar-refractivity contribution in [3.63, 3.8) is 0 Å². The van der Waals surface area contributed by atoms with E-state index in [1.807, 2.05) is 42.0 Å². The highest BCUT2D eigenvalue weighted by molar-refractivity contribution is 7.12. The average Bonchev–Trinajstić information content (AvgIpc) is 2.85. The molecule has 0 N–H and O–H groups in total. The van der Waals surface area contributed by atoms with Crippen LogP contribution in [0.2, 0.25) is 0 Å². The highest BCUT2D eigenvalue weighted by atomic mass is 32.1. The Hall–Kier alpha value is -1.37. The summed E-state index contributed by atoms with van der Waals surface area (Å²) in [4.78, 5) is 2.20. The third-order valence-electron chi connectivity index (χ3n) is 2.06. The molecule has 0 aliphatic carbocycles. The molecule has 74 valence electrons. The minimum absolute atomic E-state index is 0.755. The summed E-state index contributed by atoms with van der Waals surface area (Å²) in [6, 6.07) is 8.31. The normalized spacial score (nSPS) is 11.3. The number of hydrogen-bond acceptors (Lipinski definition) is 3. The van der Waals surface area contributed by atoms with E-state index < -0.39 is 0 Å². The Bertz CT molecular complexity index is 512. The summed E-state index contributed by atoms with van der Waals surface area (Å²) < 4.78 is 0. The molecule has 0 fully saturated rings. The van der Waals surface area contributed by atoms with Crippen LogP contribution in [0.5, 0.6) is 0 Å². The predicted molar refractivity (Wildman–Crippen MR) is 66.9 cm³/mol. The van der Waals surface area contributed by atoms with Gasteiger partial charge in [-0.2, -0.15) is 5.26 Å². The van der Waals surface area contributed by atoms with E-state index in [2.05, 4.69) is 6.07 Å². The van der Waals surface area contributed by atoms with Crippen LogP contribution < -0.4 is 0 Å². The van der Waals surface area contributed by atoms with Crippen LogP contribution in [-0.2, 0) is 0 Å². The van der Waals surface area contributed by atoms with Crippen molar-refractivity contribution in [1.29, 1.82) is 5.26 Å². The maximum absolute atomic E-state index is 9.11. The quantitative estimate of drug-likeness (QED) is 0.711. The predicted octanol–water partition coefficient (Wildman–Crippen LogP) is 4.18. The van der Waals surface area contributed by atoms with Crippen LogP contribution in [0.3, 0.4) is 0 Å². The number of allylic oxidation sites excluding steroid dienone is 1. The number of aryl methyl sites for hydroxylation is 1.